The summed E-state index contributed by atoms with van der Waals surface area (Å²) >= 11 is 0. The minimum atomic E-state index is -1.26. The van der Waals surface area contributed by atoms with Crippen LogP contribution in [0.5, 0.6) is 5.75 Å². The molecule has 0 radical (unpaired) electrons. The second-order valence-electron chi connectivity index (χ2n) is 5.86. The van der Waals surface area contributed by atoms with Gasteiger partial charge in [-0.05, 0) is 24.1 Å². The van der Waals surface area contributed by atoms with Gasteiger partial charge >= 0.3 is 0 Å². The van der Waals surface area contributed by atoms with E-state index in [4.69, 9.17) is 4.74 Å². The lowest BCUT2D eigenvalue weighted by Gasteiger charge is -2.27. The van der Waals surface area contributed by atoms with Gasteiger partial charge in [-0.3, -0.25) is 0 Å². The van der Waals surface area contributed by atoms with Crippen LogP contribution in [-0.4, -0.2) is 15.3 Å². The summed E-state index contributed by atoms with van der Waals surface area (Å²) in [5.41, 5.74) is 1.38. The quantitative estimate of drug-likeness (QED) is 0.740. The summed E-state index contributed by atoms with van der Waals surface area (Å²) < 4.78 is 5.22. The van der Waals surface area contributed by atoms with Crippen LogP contribution in [0, 0.1) is 0 Å². The average molecular weight is 265 g/mol. The Morgan fingerprint density at radius 2 is 1.78 bits per heavy atom. The topological polar surface area (TPSA) is 21.3 Å². The maximum Gasteiger partial charge on any atom is 0.118 e. The molecule has 0 aliphatic heterocycles. The fourth-order valence-corrected chi connectivity index (χ4v) is 3.45. The van der Waals surface area contributed by atoms with Crippen LogP contribution in [0.2, 0.25) is 19.6 Å². The molecule has 0 amide bonds. The predicted octanol–water partition coefficient (Wildman–Crippen LogP) is 4.35. The number of benzene rings is 1. The van der Waals surface area contributed by atoms with Gasteiger partial charge in [0.1, 0.15) is 14.0 Å². The first-order valence-electron chi connectivity index (χ1n) is 6.88. The van der Waals surface area contributed by atoms with Crippen LogP contribution in [0.3, 0.4) is 0 Å². The molecule has 0 fully saturated rings. The van der Waals surface area contributed by atoms with Gasteiger partial charge in [-0.15, -0.1) is 0 Å². The van der Waals surface area contributed by atoms with Gasteiger partial charge in [0, 0.05) is 6.04 Å². The van der Waals surface area contributed by atoms with Crippen LogP contribution in [-0.2, 0) is 0 Å². The van der Waals surface area contributed by atoms with E-state index in [1.165, 1.54) is 24.8 Å². The molecule has 1 rings (SSSR count). The van der Waals surface area contributed by atoms with Gasteiger partial charge in [0.15, 0.2) is 0 Å². The molecule has 0 aliphatic rings. The van der Waals surface area contributed by atoms with Gasteiger partial charge in [0.25, 0.3) is 0 Å². The zero-order chi connectivity index (χ0) is 13.6. The van der Waals surface area contributed by atoms with Crippen LogP contribution in [0.15, 0.2) is 24.3 Å². The summed E-state index contributed by atoms with van der Waals surface area (Å²) in [6.07, 6.45) is 3.74. The molecule has 1 aromatic carbocycles. The number of hydrogen-bond acceptors (Lipinski definition) is 2. The number of hydrogen-bond donors (Lipinski definition) is 1. The van der Waals surface area contributed by atoms with Crippen molar-refractivity contribution in [3.8, 4) is 5.75 Å². The van der Waals surface area contributed by atoms with Crippen LogP contribution in [0.25, 0.3) is 0 Å². The van der Waals surface area contributed by atoms with Crippen LogP contribution in [0.1, 0.15) is 37.8 Å². The lowest BCUT2D eigenvalue weighted by molar-refractivity contribution is 0.414. The van der Waals surface area contributed by atoms with E-state index in [9.17, 15) is 0 Å². The van der Waals surface area contributed by atoms with E-state index in [0.29, 0.717) is 6.04 Å². The highest BCUT2D eigenvalue weighted by Crippen LogP contribution is 2.23. The summed E-state index contributed by atoms with van der Waals surface area (Å²) in [6, 6.07) is 8.97. The van der Waals surface area contributed by atoms with Crippen molar-refractivity contribution in [3.63, 3.8) is 0 Å². The molecule has 0 saturated heterocycles. The fraction of sp³-hybridized carbons (Fsp3) is 0.600. The van der Waals surface area contributed by atoms with E-state index in [0.717, 1.165) is 5.75 Å². The van der Waals surface area contributed by atoms with E-state index in [-0.39, 0.29) is 0 Å². The molecule has 102 valence electrons. The van der Waals surface area contributed by atoms with E-state index < -0.39 is 8.24 Å². The van der Waals surface area contributed by atoms with Crippen molar-refractivity contribution in [3.05, 3.63) is 29.8 Å². The highest BCUT2D eigenvalue weighted by atomic mass is 28.3. The van der Waals surface area contributed by atoms with Crippen molar-refractivity contribution in [2.24, 2.45) is 0 Å². The van der Waals surface area contributed by atoms with Gasteiger partial charge in [-0.2, -0.15) is 0 Å². The molecule has 1 atom stereocenters. The lowest BCUT2D eigenvalue weighted by atomic mass is 10.0. The summed E-state index contributed by atoms with van der Waals surface area (Å²) in [5, 5.41) is 0. The van der Waals surface area contributed by atoms with Gasteiger partial charge in [0.2, 0.25) is 0 Å². The van der Waals surface area contributed by atoms with Crippen molar-refractivity contribution in [1.29, 1.82) is 0 Å². The molecule has 0 heterocycles. The van der Waals surface area contributed by atoms with Crippen LogP contribution < -0.4 is 9.72 Å². The molecule has 1 aromatic rings. The van der Waals surface area contributed by atoms with E-state index in [1.54, 1.807) is 7.11 Å². The van der Waals surface area contributed by atoms with Crippen molar-refractivity contribution in [2.45, 2.75) is 51.9 Å². The first kappa shape index (κ1) is 15.3. The molecule has 0 aromatic heterocycles. The van der Waals surface area contributed by atoms with Gasteiger partial charge in [-0.25, -0.2) is 0 Å². The summed E-state index contributed by atoms with van der Waals surface area (Å²) in [5.74, 6) is 0.931. The third kappa shape index (κ3) is 5.23. The molecule has 2 nitrogen and oxygen atoms in total. The Labute approximate surface area is 113 Å². The molecule has 18 heavy (non-hydrogen) atoms. The van der Waals surface area contributed by atoms with E-state index in [1.807, 2.05) is 0 Å². The number of methoxy groups -OCH3 is 1. The Balaban J connectivity index is 2.79. The minimum absolute atomic E-state index is 0.488. The third-order valence-corrected chi connectivity index (χ3v) is 4.19. The minimum Gasteiger partial charge on any atom is -0.497 e. The lowest BCUT2D eigenvalue weighted by Crippen LogP contribution is -2.43. The molecule has 0 saturated carbocycles. The van der Waals surface area contributed by atoms with Gasteiger partial charge in [-0.1, -0.05) is 51.5 Å². The summed E-state index contributed by atoms with van der Waals surface area (Å²) in [7, 11) is 0.456. The Hall–Kier alpha value is -0.803. The smallest absolute Gasteiger partial charge is 0.118 e. The SMILES string of the molecule is CCCCC(N[Si](C)(C)C)c1ccc(OC)cc1. The van der Waals surface area contributed by atoms with Crippen LogP contribution in [0.4, 0.5) is 0 Å². The Kier molecular flexibility index (Phi) is 5.89. The first-order valence-corrected chi connectivity index (χ1v) is 10.4. The van der Waals surface area contributed by atoms with Crippen molar-refractivity contribution >= 4 is 8.24 Å². The summed E-state index contributed by atoms with van der Waals surface area (Å²) in [4.78, 5) is 3.84. The molecule has 0 aliphatic carbocycles. The maximum atomic E-state index is 5.22. The monoisotopic (exact) mass is 265 g/mol. The molecular weight excluding hydrogens is 238 g/mol. The van der Waals surface area contributed by atoms with E-state index >= 15 is 0 Å². The summed E-state index contributed by atoms with van der Waals surface area (Å²) in [6.45, 7) is 9.32. The highest BCUT2D eigenvalue weighted by Gasteiger charge is 2.20. The second kappa shape index (κ2) is 6.95. The standard InChI is InChI=1S/C15H27NOSi/c1-6-7-8-15(16-18(3,4)5)13-9-11-14(17-2)12-10-13/h9-12,15-16H,6-8H2,1-5H3. The molecule has 0 spiro atoms. The van der Waals surface area contributed by atoms with Crippen molar-refractivity contribution in [1.82, 2.24) is 4.98 Å². The normalized spacial score (nSPS) is 13.4. The Morgan fingerprint density at radius 1 is 1.17 bits per heavy atom. The maximum absolute atomic E-state index is 5.22. The molecule has 3 heteroatoms. The zero-order valence-corrected chi connectivity index (χ0v) is 13.4. The number of rotatable bonds is 7. The van der Waals surface area contributed by atoms with E-state index in [2.05, 4.69) is 55.8 Å². The Morgan fingerprint density at radius 3 is 2.22 bits per heavy atom. The largest absolute Gasteiger partial charge is 0.497 e. The fourth-order valence-electron chi connectivity index (χ4n) is 2.09. The van der Waals surface area contributed by atoms with Crippen molar-refractivity contribution in [2.75, 3.05) is 7.11 Å². The predicted molar refractivity (Wildman–Crippen MR) is 81.7 cm³/mol. The first-order chi connectivity index (χ1) is 8.46. The average Bonchev–Trinajstić information content (AvgIpc) is 2.33. The number of ether oxygens (including phenoxy) is 1. The van der Waals surface area contributed by atoms with Gasteiger partial charge < -0.3 is 9.72 Å². The number of nitrogens with one attached hydrogen (secondary N) is 1. The van der Waals surface area contributed by atoms with Crippen LogP contribution >= 0.6 is 0 Å². The zero-order valence-electron chi connectivity index (χ0n) is 12.4. The highest BCUT2D eigenvalue weighted by molar-refractivity contribution is 6.73. The molecular formula is C15H27NOSi. The number of unbranched alkanes of at least 4 members (excludes halogenated alkanes) is 1. The third-order valence-electron chi connectivity index (χ3n) is 2.97. The van der Waals surface area contributed by atoms with Crippen molar-refractivity contribution < 1.29 is 4.74 Å². The second-order valence-corrected chi connectivity index (χ2v) is 10.7. The molecule has 1 unspecified atom stereocenters. The molecule has 1 N–H and O–H groups in total. The molecule has 0 bridgehead atoms. The van der Waals surface area contributed by atoms with Gasteiger partial charge in [0.05, 0.1) is 7.11 Å². The Bertz CT molecular complexity index is 343.